The van der Waals surface area contributed by atoms with Crippen LogP contribution in [-0.4, -0.2) is 16.9 Å². The molecule has 0 saturated carbocycles. The molecule has 0 bridgehead atoms. The van der Waals surface area contributed by atoms with Crippen LogP contribution < -0.4 is 5.32 Å². The Balaban J connectivity index is 2.45. The number of unbranched alkanes of at least 4 members (excludes halogenated alkanes) is 1. The number of carbonyl (C=O) groups excluding carboxylic acids is 1. The summed E-state index contributed by atoms with van der Waals surface area (Å²) in [5.74, 6) is 1.03. The molecule has 0 heterocycles. The zero-order valence-corrected chi connectivity index (χ0v) is 11.6. The number of rotatable bonds is 6. The van der Waals surface area contributed by atoms with Crippen molar-refractivity contribution in [3.05, 3.63) is 29.8 Å². The van der Waals surface area contributed by atoms with Gasteiger partial charge in [-0.2, -0.15) is 5.26 Å². The van der Waals surface area contributed by atoms with E-state index in [9.17, 15) is 4.79 Å². The van der Waals surface area contributed by atoms with Gasteiger partial charge in [0, 0.05) is 5.69 Å². The molecule has 96 valence electrons. The maximum Gasteiger partial charge on any atom is 0.237 e. The van der Waals surface area contributed by atoms with Crippen LogP contribution in [0.3, 0.4) is 0 Å². The van der Waals surface area contributed by atoms with Crippen LogP contribution in [0.4, 0.5) is 5.69 Å². The van der Waals surface area contributed by atoms with Crippen LogP contribution in [0.5, 0.6) is 0 Å². The number of hydrogen-bond acceptors (Lipinski definition) is 3. The van der Waals surface area contributed by atoms with Crippen LogP contribution in [0.15, 0.2) is 24.3 Å². The van der Waals surface area contributed by atoms with Crippen LogP contribution in [0.2, 0.25) is 0 Å². The van der Waals surface area contributed by atoms with Gasteiger partial charge in [-0.3, -0.25) is 4.79 Å². The summed E-state index contributed by atoms with van der Waals surface area (Å²) in [7, 11) is 0. The summed E-state index contributed by atoms with van der Waals surface area (Å²) in [6.07, 6.45) is 2.29. The second kappa shape index (κ2) is 7.78. The molecule has 1 aromatic rings. The van der Waals surface area contributed by atoms with Crippen molar-refractivity contribution in [2.45, 2.75) is 31.9 Å². The van der Waals surface area contributed by atoms with Gasteiger partial charge in [0.1, 0.15) is 0 Å². The highest BCUT2D eigenvalue weighted by atomic mass is 32.2. The van der Waals surface area contributed by atoms with Gasteiger partial charge in [0.2, 0.25) is 5.91 Å². The standard InChI is InChI=1S/C14H18N2OS/c1-3-4-9-18-11(2)14(17)16-13-7-5-12(10-15)6-8-13/h5-8,11H,3-4,9H2,1-2H3,(H,16,17). The molecule has 1 rings (SSSR count). The first-order valence-electron chi connectivity index (χ1n) is 6.10. The zero-order chi connectivity index (χ0) is 13.4. The summed E-state index contributed by atoms with van der Waals surface area (Å²) in [4.78, 5) is 11.9. The zero-order valence-electron chi connectivity index (χ0n) is 10.8. The second-order valence-corrected chi connectivity index (χ2v) is 5.49. The molecule has 0 aliphatic carbocycles. The Morgan fingerprint density at radius 2 is 2.11 bits per heavy atom. The van der Waals surface area contributed by atoms with Crippen LogP contribution in [0, 0.1) is 11.3 Å². The lowest BCUT2D eigenvalue weighted by molar-refractivity contribution is -0.115. The Kier molecular flexibility index (Phi) is 6.31. The molecule has 18 heavy (non-hydrogen) atoms. The van der Waals surface area contributed by atoms with E-state index in [1.54, 1.807) is 36.0 Å². The summed E-state index contributed by atoms with van der Waals surface area (Å²) in [6.45, 7) is 4.06. The van der Waals surface area contributed by atoms with E-state index in [2.05, 4.69) is 12.2 Å². The molecule has 0 aromatic heterocycles. The number of nitriles is 1. The molecule has 1 atom stereocenters. The van der Waals surface area contributed by atoms with Crippen LogP contribution >= 0.6 is 11.8 Å². The van der Waals surface area contributed by atoms with Crippen molar-refractivity contribution >= 4 is 23.4 Å². The Labute approximate surface area is 113 Å². The minimum atomic E-state index is -0.0489. The normalized spacial score (nSPS) is 11.6. The highest BCUT2D eigenvalue weighted by Gasteiger charge is 2.12. The molecule has 0 aliphatic rings. The Morgan fingerprint density at radius 1 is 1.44 bits per heavy atom. The molecular weight excluding hydrogens is 244 g/mol. The van der Waals surface area contributed by atoms with Crippen molar-refractivity contribution in [2.24, 2.45) is 0 Å². The fourth-order valence-corrected chi connectivity index (χ4v) is 2.37. The van der Waals surface area contributed by atoms with E-state index in [0.717, 1.165) is 24.3 Å². The molecule has 3 nitrogen and oxygen atoms in total. The number of thioether (sulfide) groups is 1. The van der Waals surface area contributed by atoms with Crippen molar-refractivity contribution in [1.29, 1.82) is 5.26 Å². The number of anilines is 1. The number of benzene rings is 1. The molecule has 1 N–H and O–H groups in total. The molecule has 0 fully saturated rings. The largest absolute Gasteiger partial charge is 0.325 e. The van der Waals surface area contributed by atoms with Gasteiger partial charge in [-0.05, 0) is 43.4 Å². The smallest absolute Gasteiger partial charge is 0.237 e. The molecule has 1 unspecified atom stereocenters. The monoisotopic (exact) mass is 262 g/mol. The Hall–Kier alpha value is -1.47. The van der Waals surface area contributed by atoms with Crippen LogP contribution in [0.1, 0.15) is 32.3 Å². The van der Waals surface area contributed by atoms with Crippen molar-refractivity contribution in [3.63, 3.8) is 0 Å². The molecule has 0 spiro atoms. The van der Waals surface area contributed by atoms with E-state index in [4.69, 9.17) is 5.26 Å². The number of amides is 1. The maximum atomic E-state index is 11.9. The third kappa shape index (κ3) is 4.80. The average molecular weight is 262 g/mol. The van der Waals surface area contributed by atoms with Crippen LogP contribution in [0.25, 0.3) is 0 Å². The fourth-order valence-electron chi connectivity index (χ4n) is 1.35. The number of nitrogens with zero attached hydrogens (tertiary/aromatic N) is 1. The Bertz CT molecular complexity index is 422. The van der Waals surface area contributed by atoms with Crippen molar-refractivity contribution in [3.8, 4) is 6.07 Å². The summed E-state index contributed by atoms with van der Waals surface area (Å²) in [6, 6.07) is 8.95. The van der Waals surface area contributed by atoms with Gasteiger partial charge < -0.3 is 5.32 Å². The van der Waals surface area contributed by atoms with Gasteiger partial charge in [-0.25, -0.2) is 0 Å². The first kappa shape index (κ1) is 14.6. The molecule has 0 saturated heterocycles. The van der Waals surface area contributed by atoms with E-state index in [1.165, 1.54) is 0 Å². The van der Waals surface area contributed by atoms with E-state index < -0.39 is 0 Å². The molecule has 1 aromatic carbocycles. The number of hydrogen-bond donors (Lipinski definition) is 1. The summed E-state index contributed by atoms with van der Waals surface area (Å²) in [5, 5.41) is 11.5. The molecule has 1 amide bonds. The molecule has 0 radical (unpaired) electrons. The molecule has 4 heteroatoms. The van der Waals surface area contributed by atoms with Crippen LogP contribution in [-0.2, 0) is 4.79 Å². The SMILES string of the molecule is CCCCSC(C)C(=O)Nc1ccc(C#N)cc1. The summed E-state index contributed by atoms with van der Waals surface area (Å²) in [5.41, 5.74) is 1.33. The minimum absolute atomic E-state index is 0.0146. The van der Waals surface area contributed by atoms with Gasteiger partial charge in [0.05, 0.1) is 16.9 Å². The topological polar surface area (TPSA) is 52.9 Å². The van der Waals surface area contributed by atoms with Gasteiger partial charge in [0.15, 0.2) is 0 Å². The van der Waals surface area contributed by atoms with E-state index in [0.29, 0.717) is 5.56 Å². The van der Waals surface area contributed by atoms with Crippen molar-refractivity contribution in [1.82, 2.24) is 0 Å². The highest BCUT2D eigenvalue weighted by Crippen LogP contribution is 2.16. The van der Waals surface area contributed by atoms with E-state index in [-0.39, 0.29) is 11.2 Å². The molecule has 0 aliphatic heterocycles. The van der Waals surface area contributed by atoms with Crippen molar-refractivity contribution < 1.29 is 4.79 Å². The minimum Gasteiger partial charge on any atom is -0.325 e. The van der Waals surface area contributed by atoms with Gasteiger partial charge in [-0.1, -0.05) is 13.3 Å². The van der Waals surface area contributed by atoms with E-state index >= 15 is 0 Å². The van der Waals surface area contributed by atoms with Gasteiger partial charge in [0.25, 0.3) is 0 Å². The second-order valence-electron chi connectivity index (χ2n) is 4.04. The van der Waals surface area contributed by atoms with Gasteiger partial charge in [-0.15, -0.1) is 11.8 Å². The lowest BCUT2D eigenvalue weighted by Crippen LogP contribution is -2.22. The fraction of sp³-hybridized carbons (Fsp3) is 0.429. The number of carbonyl (C=O) groups is 1. The Morgan fingerprint density at radius 3 is 2.67 bits per heavy atom. The first-order chi connectivity index (χ1) is 8.67. The maximum absolute atomic E-state index is 11.9. The number of nitrogens with one attached hydrogen (secondary N) is 1. The third-order valence-electron chi connectivity index (χ3n) is 2.52. The molecular formula is C14H18N2OS. The van der Waals surface area contributed by atoms with Gasteiger partial charge >= 0.3 is 0 Å². The quantitative estimate of drug-likeness (QED) is 0.799. The average Bonchev–Trinajstić information content (AvgIpc) is 2.39. The van der Waals surface area contributed by atoms with E-state index in [1.807, 2.05) is 13.0 Å². The summed E-state index contributed by atoms with van der Waals surface area (Å²) < 4.78 is 0. The highest BCUT2D eigenvalue weighted by molar-refractivity contribution is 8.00. The van der Waals surface area contributed by atoms with Crippen molar-refractivity contribution in [2.75, 3.05) is 11.1 Å². The lowest BCUT2D eigenvalue weighted by atomic mass is 10.2. The third-order valence-corrected chi connectivity index (χ3v) is 3.75. The first-order valence-corrected chi connectivity index (χ1v) is 7.15. The lowest BCUT2D eigenvalue weighted by Gasteiger charge is -2.11. The predicted octanol–water partition coefficient (Wildman–Crippen LogP) is 3.42. The predicted molar refractivity (Wildman–Crippen MR) is 76.6 cm³/mol. The summed E-state index contributed by atoms with van der Waals surface area (Å²) >= 11 is 1.67.